The van der Waals surface area contributed by atoms with E-state index < -0.39 is 0 Å². The Labute approximate surface area is 199 Å². The number of anilines is 2. The zero-order valence-corrected chi connectivity index (χ0v) is 19.3. The number of fused-ring (bicyclic) bond motifs is 1. The molecule has 0 saturated carbocycles. The SMILES string of the molecule is CCOc1ccc(C2=C(N3CCCc4ccccc43)C(=O)N(c3ccc(OC)cc3)C2=O)cc1. The molecule has 0 aliphatic carbocycles. The molecule has 6 heteroatoms. The highest BCUT2D eigenvalue weighted by atomic mass is 16.5. The number of imide groups is 1. The fraction of sp³-hybridized carbons (Fsp3) is 0.214. The zero-order valence-electron chi connectivity index (χ0n) is 19.3. The van der Waals surface area contributed by atoms with Crippen LogP contribution >= 0.6 is 0 Å². The zero-order chi connectivity index (χ0) is 23.7. The summed E-state index contributed by atoms with van der Waals surface area (Å²) in [7, 11) is 1.58. The van der Waals surface area contributed by atoms with Gasteiger partial charge in [-0.3, -0.25) is 9.59 Å². The van der Waals surface area contributed by atoms with Gasteiger partial charge < -0.3 is 14.4 Å². The molecule has 0 radical (unpaired) electrons. The molecule has 0 saturated heterocycles. The van der Waals surface area contributed by atoms with Gasteiger partial charge in [0.25, 0.3) is 11.8 Å². The van der Waals surface area contributed by atoms with Crippen LogP contribution in [0.4, 0.5) is 11.4 Å². The molecule has 0 bridgehead atoms. The topological polar surface area (TPSA) is 59.1 Å². The van der Waals surface area contributed by atoms with Gasteiger partial charge in [-0.1, -0.05) is 30.3 Å². The Hall–Kier alpha value is -4.06. The molecule has 5 rings (SSSR count). The van der Waals surface area contributed by atoms with E-state index in [0.29, 0.717) is 41.4 Å². The summed E-state index contributed by atoms with van der Waals surface area (Å²) in [6, 6.07) is 22.4. The van der Waals surface area contributed by atoms with Crippen molar-refractivity contribution in [3.8, 4) is 11.5 Å². The Bertz CT molecular complexity index is 1260. The second-order valence-electron chi connectivity index (χ2n) is 8.21. The van der Waals surface area contributed by atoms with Crippen molar-refractivity contribution in [1.82, 2.24) is 0 Å². The molecule has 0 spiro atoms. The average Bonchev–Trinajstić information content (AvgIpc) is 3.14. The standard InChI is InChI=1S/C28H26N2O4/c1-3-34-23-14-10-20(11-15-23)25-26(29-18-6-8-19-7-4-5-9-24(19)29)28(32)30(27(25)31)21-12-16-22(33-2)17-13-21/h4-5,7,9-17H,3,6,8,18H2,1-2H3. The third-order valence-electron chi connectivity index (χ3n) is 6.22. The van der Waals surface area contributed by atoms with Crippen molar-refractivity contribution in [1.29, 1.82) is 0 Å². The molecule has 2 amide bonds. The molecule has 172 valence electrons. The molecule has 0 aromatic heterocycles. The predicted molar refractivity (Wildman–Crippen MR) is 132 cm³/mol. The number of hydrogen-bond donors (Lipinski definition) is 0. The van der Waals surface area contributed by atoms with E-state index >= 15 is 0 Å². The summed E-state index contributed by atoms with van der Waals surface area (Å²) in [4.78, 5) is 31.0. The molecular weight excluding hydrogens is 428 g/mol. The van der Waals surface area contributed by atoms with Gasteiger partial charge in [0.15, 0.2) is 0 Å². The summed E-state index contributed by atoms with van der Waals surface area (Å²) in [5.74, 6) is 0.723. The summed E-state index contributed by atoms with van der Waals surface area (Å²) < 4.78 is 10.8. The maximum Gasteiger partial charge on any atom is 0.282 e. The number of rotatable bonds is 6. The highest BCUT2D eigenvalue weighted by Crippen LogP contribution is 2.40. The Morgan fingerprint density at radius 1 is 0.853 bits per heavy atom. The van der Waals surface area contributed by atoms with Gasteiger partial charge in [0.2, 0.25) is 0 Å². The quantitative estimate of drug-likeness (QED) is 0.500. The van der Waals surface area contributed by atoms with Gasteiger partial charge in [-0.15, -0.1) is 0 Å². The number of nitrogens with zero attached hydrogens (tertiary/aromatic N) is 2. The molecule has 3 aromatic rings. The molecule has 0 N–H and O–H groups in total. The lowest BCUT2D eigenvalue weighted by Crippen LogP contribution is -2.37. The first kappa shape index (κ1) is 21.8. The molecule has 6 nitrogen and oxygen atoms in total. The number of methoxy groups -OCH3 is 1. The van der Waals surface area contributed by atoms with Crippen LogP contribution in [0.1, 0.15) is 24.5 Å². The molecule has 34 heavy (non-hydrogen) atoms. The Kier molecular flexibility index (Phi) is 5.80. The van der Waals surface area contributed by atoms with Gasteiger partial charge in [-0.25, -0.2) is 4.90 Å². The van der Waals surface area contributed by atoms with Crippen LogP contribution in [0.25, 0.3) is 5.57 Å². The summed E-state index contributed by atoms with van der Waals surface area (Å²) in [6.07, 6.45) is 1.85. The van der Waals surface area contributed by atoms with E-state index in [1.54, 1.807) is 31.4 Å². The maximum absolute atomic E-state index is 13.9. The minimum absolute atomic E-state index is 0.323. The number of ether oxygens (including phenoxy) is 2. The smallest absolute Gasteiger partial charge is 0.282 e. The number of para-hydroxylation sites is 1. The first-order valence-electron chi connectivity index (χ1n) is 11.5. The fourth-order valence-corrected chi connectivity index (χ4v) is 4.64. The number of carbonyl (C=O) groups is 2. The first-order valence-corrected chi connectivity index (χ1v) is 11.5. The van der Waals surface area contributed by atoms with Crippen LogP contribution in [0, 0.1) is 0 Å². The van der Waals surface area contributed by atoms with Crippen LogP contribution in [-0.4, -0.2) is 32.1 Å². The molecule has 3 aromatic carbocycles. The molecular formula is C28H26N2O4. The molecule has 2 heterocycles. The van der Waals surface area contributed by atoms with Gasteiger partial charge >= 0.3 is 0 Å². The van der Waals surface area contributed by atoms with E-state index in [2.05, 4.69) is 6.07 Å². The lowest BCUT2D eigenvalue weighted by Gasteiger charge is -2.32. The monoisotopic (exact) mass is 454 g/mol. The van der Waals surface area contributed by atoms with Crippen LogP contribution in [0.5, 0.6) is 11.5 Å². The summed E-state index contributed by atoms with van der Waals surface area (Å²) in [6.45, 7) is 3.15. The largest absolute Gasteiger partial charge is 0.497 e. The number of aryl methyl sites for hydroxylation is 1. The Morgan fingerprint density at radius 2 is 1.56 bits per heavy atom. The van der Waals surface area contributed by atoms with Crippen molar-refractivity contribution in [3.05, 3.63) is 89.6 Å². The van der Waals surface area contributed by atoms with Gasteiger partial charge in [0.05, 0.1) is 25.0 Å². The van der Waals surface area contributed by atoms with Crippen molar-refractivity contribution in [2.75, 3.05) is 30.1 Å². The molecule has 2 aliphatic rings. The van der Waals surface area contributed by atoms with Crippen LogP contribution in [-0.2, 0) is 16.0 Å². The minimum atomic E-state index is -0.336. The van der Waals surface area contributed by atoms with Crippen LogP contribution in [0.15, 0.2) is 78.5 Å². The van der Waals surface area contributed by atoms with Crippen LogP contribution < -0.4 is 19.3 Å². The predicted octanol–water partition coefficient (Wildman–Crippen LogP) is 4.83. The summed E-state index contributed by atoms with van der Waals surface area (Å²) >= 11 is 0. The minimum Gasteiger partial charge on any atom is -0.497 e. The number of carbonyl (C=O) groups excluding carboxylic acids is 2. The lowest BCUT2D eigenvalue weighted by molar-refractivity contribution is -0.120. The number of hydrogen-bond acceptors (Lipinski definition) is 5. The molecule has 0 unspecified atom stereocenters. The van der Waals surface area contributed by atoms with E-state index in [9.17, 15) is 9.59 Å². The van der Waals surface area contributed by atoms with Gasteiger partial charge in [-0.2, -0.15) is 0 Å². The second-order valence-corrected chi connectivity index (χ2v) is 8.21. The highest BCUT2D eigenvalue weighted by Gasteiger charge is 2.43. The van der Waals surface area contributed by atoms with Gasteiger partial charge in [-0.05, 0) is 73.4 Å². The Balaban J connectivity index is 1.64. The van der Waals surface area contributed by atoms with Crippen molar-refractivity contribution < 1.29 is 19.1 Å². The molecule has 2 aliphatic heterocycles. The van der Waals surface area contributed by atoms with Crippen molar-refractivity contribution in [2.24, 2.45) is 0 Å². The molecule has 0 fully saturated rings. The van der Waals surface area contributed by atoms with E-state index in [1.807, 2.05) is 54.3 Å². The van der Waals surface area contributed by atoms with E-state index in [-0.39, 0.29) is 11.8 Å². The summed E-state index contributed by atoms with van der Waals surface area (Å²) in [5, 5.41) is 0. The molecule has 0 atom stereocenters. The normalized spacial score (nSPS) is 15.6. The highest BCUT2D eigenvalue weighted by molar-refractivity contribution is 6.46. The van der Waals surface area contributed by atoms with Gasteiger partial charge in [0.1, 0.15) is 17.2 Å². The van der Waals surface area contributed by atoms with Gasteiger partial charge in [0, 0.05) is 12.2 Å². The van der Waals surface area contributed by atoms with E-state index in [0.717, 1.165) is 24.3 Å². The fourth-order valence-electron chi connectivity index (χ4n) is 4.64. The average molecular weight is 455 g/mol. The third-order valence-corrected chi connectivity index (χ3v) is 6.22. The van der Waals surface area contributed by atoms with Crippen LogP contribution in [0.3, 0.4) is 0 Å². The Morgan fingerprint density at radius 3 is 2.26 bits per heavy atom. The lowest BCUT2D eigenvalue weighted by atomic mass is 9.98. The number of benzene rings is 3. The van der Waals surface area contributed by atoms with E-state index in [4.69, 9.17) is 9.47 Å². The third kappa shape index (κ3) is 3.71. The van der Waals surface area contributed by atoms with Crippen molar-refractivity contribution >= 4 is 28.8 Å². The van der Waals surface area contributed by atoms with E-state index in [1.165, 1.54) is 10.5 Å². The van der Waals surface area contributed by atoms with Crippen LogP contribution in [0.2, 0.25) is 0 Å². The summed E-state index contributed by atoms with van der Waals surface area (Å²) in [5.41, 5.74) is 4.17. The first-order chi connectivity index (χ1) is 16.6. The number of amides is 2. The second kappa shape index (κ2) is 9.06. The van der Waals surface area contributed by atoms with Crippen molar-refractivity contribution in [2.45, 2.75) is 19.8 Å². The van der Waals surface area contributed by atoms with Crippen molar-refractivity contribution in [3.63, 3.8) is 0 Å². The maximum atomic E-state index is 13.9.